The summed E-state index contributed by atoms with van der Waals surface area (Å²) in [5, 5.41) is 12.9. The van der Waals surface area contributed by atoms with Crippen LogP contribution in [0.1, 0.15) is 37.7 Å². The average molecular weight is 282 g/mol. The lowest BCUT2D eigenvalue weighted by Crippen LogP contribution is -2.42. The molecule has 112 valence electrons. The average Bonchev–Trinajstić information content (AvgIpc) is 2.75. The van der Waals surface area contributed by atoms with Gasteiger partial charge in [-0.3, -0.25) is 14.3 Å². The van der Waals surface area contributed by atoms with E-state index in [0.717, 1.165) is 0 Å². The normalized spacial score (nSPS) is 11.2. The maximum absolute atomic E-state index is 11.7. The standard InChI is InChI=1S/C12H22N6O2/c1-12(2,3)15-10(19)4-6-14-11(20)9-8-18(7-5-13)17-16-9/h8H,4-7,13H2,1-3H3,(H,14,20)(H,15,19). The van der Waals surface area contributed by atoms with Gasteiger partial charge in [0, 0.05) is 25.0 Å². The highest BCUT2D eigenvalue weighted by molar-refractivity contribution is 5.92. The molecule has 20 heavy (non-hydrogen) atoms. The number of hydrogen-bond acceptors (Lipinski definition) is 5. The summed E-state index contributed by atoms with van der Waals surface area (Å²) in [5.74, 6) is -0.457. The predicted molar refractivity (Wildman–Crippen MR) is 73.9 cm³/mol. The Labute approximate surface area is 118 Å². The van der Waals surface area contributed by atoms with Gasteiger partial charge < -0.3 is 16.4 Å². The fourth-order valence-corrected chi connectivity index (χ4v) is 1.50. The van der Waals surface area contributed by atoms with E-state index in [0.29, 0.717) is 13.1 Å². The van der Waals surface area contributed by atoms with E-state index in [9.17, 15) is 9.59 Å². The molecule has 0 fully saturated rings. The van der Waals surface area contributed by atoms with Crippen LogP contribution >= 0.6 is 0 Å². The number of aromatic nitrogens is 3. The van der Waals surface area contributed by atoms with Gasteiger partial charge in [0.05, 0.1) is 12.7 Å². The number of nitrogens with one attached hydrogen (secondary N) is 2. The van der Waals surface area contributed by atoms with Gasteiger partial charge in [-0.25, -0.2) is 0 Å². The lowest BCUT2D eigenvalue weighted by Gasteiger charge is -2.20. The highest BCUT2D eigenvalue weighted by atomic mass is 16.2. The van der Waals surface area contributed by atoms with Gasteiger partial charge in [0.2, 0.25) is 5.91 Å². The van der Waals surface area contributed by atoms with Crippen LogP contribution in [-0.4, -0.2) is 45.4 Å². The van der Waals surface area contributed by atoms with Crippen LogP contribution in [0, 0.1) is 0 Å². The van der Waals surface area contributed by atoms with Crippen LogP contribution in [0.5, 0.6) is 0 Å². The second-order valence-electron chi connectivity index (χ2n) is 5.46. The third-order valence-corrected chi connectivity index (χ3v) is 2.28. The molecule has 0 radical (unpaired) electrons. The number of nitrogens with zero attached hydrogens (tertiary/aromatic N) is 3. The number of carbonyl (C=O) groups is 2. The fourth-order valence-electron chi connectivity index (χ4n) is 1.50. The lowest BCUT2D eigenvalue weighted by atomic mass is 10.1. The molecule has 8 heteroatoms. The second kappa shape index (κ2) is 6.99. The van der Waals surface area contributed by atoms with Crippen LogP contribution in [0.25, 0.3) is 0 Å². The van der Waals surface area contributed by atoms with Crippen molar-refractivity contribution in [3.05, 3.63) is 11.9 Å². The molecule has 0 spiro atoms. The Balaban J connectivity index is 2.34. The van der Waals surface area contributed by atoms with Crippen LogP contribution in [0.3, 0.4) is 0 Å². The van der Waals surface area contributed by atoms with Crippen molar-refractivity contribution < 1.29 is 9.59 Å². The molecule has 8 nitrogen and oxygen atoms in total. The van der Waals surface area contributed by atoms with Crippen LogP contribution in [0.2, 0.25) is 0 Å². The van der Waals surface area contributed by atoms with Crippen LogP contribution in [0.4, 0.5) is 0 Å². The summed E-state index contributed by atoms with van der Waals surface area (Å²) in [6.45, 7) is 6.90. The van der Waals surface area contributed by atoms with Crippen molar-refractivity contribution in [3.8, 4) is 0 Å². The Kier molecular flexibility index (Phi) is 5.63. The van der Waals surface area contributed by atoms with Gasteiger partial charge in [0.1, 0.15) is 0 Å². The van der Waals surface area contributed by atoms with E-state index in [4.69, 9.17) is 5.73 Å². The van der Waals surface area contributed by atoms with E-state index in [1.54, 1.807) is 0 Å². The fraction of sp³-hybridized carbons (Fsp3) is 0.667. The van der Waals surface area contributed by atoms with Crippen molar-refractivity contribution in [3.63, 3.8) is 0 Å². The van der Waals surface area contributed by atoms with E-state index in [1.807, 2.05) is 20.8 Å². The number of carbonyl (C=O) groups excluding carboxylic acids is 2. The molecule has 1 heterocycles. The maximum Gasteiger partial charge on any atom is 0.273 e. The molecule has 1 aromatic heterocycles. The highest BCUT2D eigenvalue weighted by Crippen LogP contribution is 1.99. The summed E-state index contributed by atoms with van der Waals surface area (Å²) in [6.07, 6.45) is 1.75. The Morgan fingerprint density at radius 1 is 1.40 bits per heavy atom. The SMILES string of the molecule is CC(C)(C)NC(=O)CCNC(=O)c1cn(CCN)nn1. The van der Waals surface area contributed by atoms with Gasteiger partial charge >= 0.3 is 0 Å². The molecule has 0 saturated carbocycles. The lowest BCUT2D eigenvalue weighted by molar-refractivity contribution is -0.122. The maximum atomic E-state index is 11.7. The number of rotatable bonds is 6. The first-order valence-corrected chi connectivity index (χ1v) is 6.51. The summed E-state index contributed by atoms with van der Waals surface area (Å²) in [7, 11) is 0. The molecule has 0 unspecified atom stereocenters. The van der Waals surface area contributed by atoms with Crippen molar-refractivity contribution in [2.45, 2.75) is 39.3 Å². The van der Waals surface area contributed by atoms with Gasteiger partial charge in [-0.2, -0.15) is 0 Å². The van der Waals surface area contributed by atoms with Crippen molar-refractivity contribution in [2.24, 2.45) is 5.73 Å². The Morgan fingerprint density at radius 3 is 2.70 bits per heavy atom. The zero-order valence-corrected chi connectivity index (χ0v) is 12.1. The van der Waals surface area contributed by atoms with E-state index in [-0.39, 0.29) is 36.0 Å². The molecule has 2 amide bonds. The highest BCUT2D eigenvalue weighted by Gasteiger charge is 2.14. The van der Waals surface area contributed by atoms with Crippen molar-refractivity contribution in [1.29, 1.82) is 0 Å². The van der Waals surface area contributed by atoms with Gasteiger partial charge in [-0.1, -0.05) is 5.21 Å². The van der Waals surface area contributed by atoms with Gasteiger partial charge in [-0.15, -0.1) is 5.10 Å². The Morgan fingerprint density at radius 2 is 2.10 bits per heavy atom. The zero-order valence-electron chi connectivity index (χ0n) is 12.1. The molecule has 4 N–H and O–H groups in total. The first-order valence-electron chi connectivity index (χ1n) is 6.51. The van der Waals surface area contributed by atoms with Gasteiger partial charge in [0.25, 0.3) is 5.91 Å². The largest absolute Gasteiger partial charge is 0.351 e. The predicted octanol–water partition coefficient (Wildman–Crippen LogP) is -0.729. The van der Waals surface area contributed by atoms with E-state index in [1.165, 1.54) is 10.9 Å². The quantitative estimate of drug-likeness (QED) is 0.636. The van der Waals surface area contributed by atoms with Crippen LogP contribution in [0.15, 0.2) is 6.20 Å². The van der Waals surface area contributed by atoms with Crippen molar-refractivity contribution in [2.75, 3.05) is 13.1 Å². The summed E-state index contributed by atoms with van der Waals surface area (Å²) in [5.41, 5.74) is 5.32. The zero-order chi connectivity index (χ0) is 15.2. The Hall–Kier alpha value is -1.96. The topological polar surface area (TPSA) is 115 Å². The summed E-state index contributed by atoms with van der Waals surface area (Å²) >= 11 is 0. The molecule has 0 saturated heterocycles. The number of hydrogen-bond donors (Lipinski definition) is 3. The molecule has 0 aromatic carbocycles. The van der Waals surface area contributed by atoms with Crippen molar-refractivity contribution >= 4 is 11.8 Å². The number of amides is 2. The summed E-state index contributed by atoms with van der Waals surface area (Å²) in [6, 6.07) is 0. The van der Waals surface area contributed by atoms with E-state index >= 15 is 0 Å². The second-order valence-corrected chi connectivity index (χ2v) is 5.46. The molecule has 1 rings (SSSR count). The number of nitrogens with two attached hydrogens (primary N) is 1. The minimum Gasteiger partial charge on any atom is -0.351 e. The molecule has 0 aliphatic rings. The van der Waals surface area contributed by atoms with E-state index in [2.05, 4.69) is 20.9 Å². The summed E-state index contributed by atoms with van der Waals surface area (Å²) < 4.78 is 1.50. The van der Waals surface area contributed by atoms with Crippen LogP contribution < -0.4 is 16.4 Å². The van der Waals surface area contributed by atoms with Crippen LogP contribution in [-0.2, 0) is 11.3 Å². The minimum atomic E-state index is -0.350. The van der Waals surface area contributed by atoms with E-state index < -0.39 is 0 Å². The smallest absolute Gasteiger partial charge is 0.273 e. The van der Waals surface area contributed by atoms with Gasteiger partial charge in [-0.05, 0) is 20.8 Å². The minimum absolute atomic E-state index is 0.107. The molecular formula is C12H22N6O2. The molecule has 0 atom stereocenters. The monoisotopic (exact) mass is 282 g/mol. The first-order chi connectivity index (χ1) is 9.31. The van der Waals surface area contributed by atoms with Gasteiger partial charge in [0.15, 0.2) is 5.69 Å². The molecule has 1 aromatic rings. The molecule has 0 aliphatic heterocycles. The Bertz CT molecular complexity index is 463. The third kappa shape index (κ3) is 5.79. The molecule has 0 bridgehead atoms. The first kappa shape index (κ1) is 16.1. The molecular weight excluding hydrogens is 260 g/mol. The molecule has 0 aliphatic carbocycles. The third-order valence-electron chi connectivity index (χ3n) is 2.28. The van der Waals surface area contributed by atoms with Crippen molar-refractivity contribution in [1.82, 2.24) is 25.6 Å². The summed E-state index contributed by atoms with van der Waals surface area (Å²) in [4.78, 5) is 23.3.